The smallest absolute Gasteiger partial charge is 0.310 e. The van der Waals surface area contributed by atoms with E-state index in [0.717, 1.165) is 15.7 Å². The number of halogens is 1. The van der Waals surface area contributed by atoms with Gasteiger partial charge in [0.1, 0.15) is 0 Å². The Morgan fingerprint density at radius 1 is 1.29 bits per heavy atom. The van der Waals surface area contributed by atoms with Crippen LogP contribution >= 0.6 is 22.6 Å². The Labute approximate surface area is 137 Å². The number of hydrogen-bond acceptors (Lipinski definition) is 3. The van der Waals surface area contributed by atoms with E-state index in [0.29, 0.717) is 13.0 Å². The molecule has 1 aromatic carbocycles. The van der Waals surface area contributed by atoms with Crippen molar-refractivity contribution in [2.75, 3.05) is 11.9 Å². The zero-order valence-electron chi connectivity index (χ0n) is 11.4. The van der Waals surface area contributed by atoms with Crippen LogP contribution in [-0.2, 0) is 14.3 Å². The highest BCUT2D eigenvalue weighted by atomic mass is 127. The molecule has 1 fully saturated rings. The summed E-state index contributed by atoms with van der Waals surface area (Å²) in [5.74, 6) is -0.889. The largest absolute Gasteiger partial charge is 0.465 e. The van der Waals surface area contributed by atoms with Gasteiger partial charge in [0.05, 0.1) is 18.4 Å². The summed E-state index contributed by atoms with van der Waals surface area (Å²) >= 11 is 2.22. The number of cyclic esters (lactones) is 1. The van der Waals surface area contributed by atoms with Crippen LogP contribution in [0, 0.1) is 21.3 Å². The summed E-state index contributed by atoms with van der Waals surface area (Å²) in [6.07, 6.45) is 5.46. The first kappa shape index (κ1) is 14.6. The first-order valence-corrected chi connectivity index (χ1v) is 8.13. The molecule has 3 rings (SSSR count). The number of benzene rings is 1. The maximum atomic E-state index is 12.5. The molecule has 0 aromatic heterocycles. The summed E-state index contributed by atoms with van der Waals surface area (Å²) in [4.78, 5) is 24.5. The van der Waals surface area contributed by atoms with E-state index in [4.69, 9.17) is 4.74 Å². The van der Waals surface area contributed by atoms with Gasteiger partial charge in [-0.2, -0.15) is 0 Å². The summed E-state index contributed by atoms with van der Waals surface area (Å²) in [6.45, 7) is 0.454. The van der Waals surface area contributed by atoms with Gasteiger partial charge in [0.15, 0.2) is 0 Å². The van der Waals surface area contributed by atoms with Crippen LogP contribution < -0.4 is 5.32 Å². The summed E-state index contributed by atoms with van der Waals surface area (Å²) in [6, 6.07) is 7.62. The van der Waals surface area contributed by atoms with Crippen molar-refractivity contribution in [2.24, 2.45) is 17.8 Å². The zero-order valence-corrected chi connectivity index (χ0v) is 13.6. The summed E-state index contributed by atoms with van der Waals surface area (Å²) in [5, 5.41) is 2.91. The number of rotatable bonds is 2. The molecule has 3 atom stereocenters. The molecule has 1 aromatic rings. The van der Waals surface area contributed by atoms with Crippen molar-refractivity contribution in [3.63, 3.8) is 0 Å². The molecule has 0 radical (unpaired) electrons. The number of anilines is 1. The van der Waals surface area contributed by atoms with E-state index in [1.165, 1.54) is 0 Å². The van der Waals surface area contributed by atoms with Crippen molar-refractivity contribution in [1.82, 2.24) is 0 Å². The fraction of sp³-hybridized carbons (Fsp3) is 0.375. The van der Waals surface area contributed by atoms with Gasteiger partial charge < -0.3 is 10.1 Å². The molecule has 0 bridgehead atoms. The number of allylic oxidation sites excluding steroid dienone is 2. The van der Waals surface area contributed by atoms with E-state index in [-0.39, 0.29) is 29.6 Å². The number of amides is 1. The highest BCUT2D eigenvalue weighted by Crippen LogP contribution is 2.36. The molecule has 1 aliphatic heterocycles. The standard InChI is InChI=1S/C16H16INO3/c17-11-4-6-12(7-5-11)18-15(19)13-3-1-2-10-8-9-21-16(20)14(10)13/h1-2,4-7,10,13-14H,3,8-9H2,(H,18,19)/t10-,13?,14+/m1/s1. The number of fused-ring (bicyclic) bond motifs is 1. The molecule has 1 saturated heterocycles. The first-order chi connectivity index (χ1) is 10.1. The molecule has 1 N–H and O–H groups in total. The molecule has 5 heteroatoms. The number of hydrogen-bond donors (Lipinski definition) is 1. The van der Waals surface area contributed by atoms with Crippen molar-refractivity contribution in [1.29, 1.82) is 0 Å². The van der Waals surface area contributed by atoms with Crippen molar-refractivity contribution in [3.8, 4) is 0 Å². The van der Waals surface area contributed by atoms with Crippen LogP contribution in [0.2, 0.25) is 0 Å². The van der Waals surface area contributed by atoms with Gasteiger partial charge in [-0.05, 0) is 65.6 Å². The molecule has 0 saturated carbocycles. The van der Waals surface area contributed by atoms with Gasteiger partial charge in [-0.15, -0.1) is 0 Å². The first-order valence-electron chi connectivity index (χ1n) is 7.05. The van der Waals surface area contributed by atoms with Gasteiger partial charge in [-0.25, -0.2) is 0 Å². The number of esters is 1. The van der Waals surface area contributed by atoms with Crippen LogP contribution in [0.25, 0.3) is 0 Å². The average molecular weight is 397 g/mol. The maximum Gasteiger partial charge on any atom is 0.310 e. The van der Waals surface area contributed by atoms with Crippen LogP contribution in [0.15, 0.2) is 36.4 Å². The monoisotopic (exact) mass is 397 g/mol. The number of carbonyl (C=O) groups excluding carboxylic acids is 2. The molecule has 1 aliphatic carbocycles. The normalized spacial score (nSPS) is 27.7. The van der Waals surface area contributed by atoms with E-state index in [2.05, 4.69) is 34.0 Å². The molecule has 4 nitrogen and oxygen atoms in total. The molecule has 110 valence electrons. The number of ether oxygens (including phenoxy) is 1. The maximum absolute atomic E-state index is 12.5. The predicted molar refractivity (Wildman–Crippen MR) is 87.6 cm³/mol. The molecule has 1 heterocycles. The quantitative estimate of drug-likeness (QED) is 0.474. The summed E-state index contributed by atoms with van der Waals surface area (Å²) in [7, 11) is 0. The molecule has 0 spiro atoms. The topological polar surface area (TPSA) is 55.4 Å². The van der Waals surface area contributed by atoms with Crippen molar-refractivity contribution in [2.45, 2.75) is 12.8 Å². The van der Waals surface area contributed by atoms with Gasteiger partial charge in [0, 0.05) is 9.26 Å². The Morgan fingerprint density at radius 2 is 2.05 bits per heavy atom. The third-order valence-electron chi connectivity index (χ3n) is 4.08. The second kappa shape index (κ2) is 6.17. The summed E-state index contributed by atoms with van der Waals surface area (Å²) in [5.41, 5.74) is 0.760. The van der Waals surface area contributed by atoms with Crippen LogP contribution in [0.1, 0.15) is 12.8 Å². The third-order valence-corrected chi connectivity index (χ3v) is 4.80. The fourth-order valence-electron chi connectivity index (χ4n) is 3.01. The van der Waals surface area contributed by atoms with Crippen LogP contribution in [0.3, 0.4) is 0 Å². The SMILES string of the molecule is O=C(Nc1ccc(I)cc1)C1CC=C[C@@H]2CCOC(=O)[C@H]12. The molecular formula is C16H16INO3. The minimum Gasteiger partial charge on any atom is -0.465 e. The molecule has 1 amide bonds. The highest BCUT2D eigenvalue weighted by Gasteiger charge is 2.43. The van der Waals surface area contributed by atoms with E-state index < -0.39 is 0 Å². The minimum atomic E-state index is -0.341. The lowest BCUT2D eigenvalue weighted by atomic mass is 9.73. The lowest BCUT2D eigenvalue weighted by molar-refractivity contribution is -0.160. The van der Waals surface area contributed by atoms with E-state index in [1.807, 2.05) is 30.3 Å². The Hall–Kier alpha value is -1.37. The second-order valence-electron chi connectivity index (χ2n) is 5.41. The number of nitrogens with one attached hydrogen (secondary N) is 1. The highest BCUT2D eigenvalue weighted by molar-refractivity contribution is 14.1. The molecule has 21 heavy (non-hydrogen) atoms. The minimum absolute atomic E-state index is 0.102. The van der Waals surface area contributed by atoms with Gasteiger partial charge in [-0.1, -0.05) is 12.2 Å². The Balaban J connectivity index is 1.75. The molecule has 2 aliphatic rings. The van der Waals surface area contributed by atoms with Crippen LogP contribution in [0.4, 0.5) is 5.69 Å². The fourth-order valence-corrected chi connectivity index (χ4v) is 3.37. The van der Waals surface area contributed by atoms with Crippen molar-refractivity contribution >= 4 is 40.2 Å². The predicted octanol–water partition coefficient (Wildman–Crippen LogP) is 2.99. The van der Waals surface area contributed by atoms with Gasteiger partial charge >= 0.3 is 5.97 Å². The molecule has 1 unspecified atom stereocenters. The number of carbonyl (C=O) groups is 2. The Bertz CT molecular complexity index is 582. The van der Waals surface area contributed by atoms with E-state index in [1.54, 1.807) is 0 Å². The molecular weight excluding hydrogens is 381 g/mol. The lowest BCUT2D eigenvalue weighted by Gasteiger charge is -2.35. The van der Waals surface area contributed by atoms with Gasteiger partial charge in [0.25, 0.3) is 0 Å². The van der Waals surface area contributed by atoms with Crippen molar-refractivity contribution < 1.29 is 14.3 Å². The van der Waals surface area contributed by atoms with E-state index >= 15 is 0 Å². The van der Waals surface area contributed by atoms with Gasteiger partial charge in [0.2, 0.25) is 5.91 Å². The summed E-state index contributed by atoms with van der Waals surface area (Å²) < 4.78 is 6.25. The Morgan fingerprint density at radius 3 is 2.81 bits per heavy atom. The Kier molecular flexibility index (Phi) is 4.28. The third kappa shape index (κ3) is 3.12. The average Bonchev–Trinajstić information content (AvgIpc) is 2.49. The van der Waals surface area contributed by atoms with Crippen LogP contribution in [-0.4, -0.2) is 18.5 Å². The second-order valence-corrected chi connectivity index (χ2v) is 6.66. The van der Waals surface area contributed by atoms with Crippen LogP contribution in [0.5, 0.6) is 0 Å². The van der Waals surface area contributed by atoms with Gasteiger partial charge in [-0.3, -0.25) is 9.59 Å². The zero-order chi connectivity index (χ0) is 14.8. The van der Waals surface area contributed by atoms with Crippen molar-refractivity contribution in [3.05, 3.63) is 40.0 Å². The lowest BCUT2D eigenvalue weighted by Crippen LogP contribution is -2.43. The van der Waals surface area contributed by atoms with E-state index in [9.17, 15) is 9.59 Å².